The summed E-state index contributed by atoms with van der Waals surface area (Å²) in [6.07, 6.45) is 0. The van der Waals surface area contributed by atoms with Gasteiger partial charge in [-0.15, -0.1) is 0 Å². The van der Waals surface area contributed by atoms with Gasteiger partial charge in [0.2, 0.25) is 5.96 Å². The number of hydrogen-bond acceptors (Lipinski definition) is 3. The molecular weight excluding hydrogens is 415 g/mol. The summed E-state index contributed by atoms with van der Waals surface area (Å²) in [5.74, 6) is 0.180. The van der Waals surface area contributed by atoms with Crippen LogP contribution in [0.4, 0.5) is 10.1 Å². The van der Waals surface area contributed by atoms with Gasteiger partial charge in [0, 0.05) is 43.9 Å². The predicted octanol–water partition coefficient (Wildman–Crippen LogP) is 4.68. The second kappa shape index (κ2) is 10.4. The third kappa shape index (κ3) is 6.05. The predicted molar refractivity (Wildman–Crippen MR) is 130 cm³/mol. The molecule has 0 aliphatic carbocycles. The number of benzene rings is 3. The second-order valence-corrected chi connectivity index (χ2v) is 8.46. The Kier molecular flexibility index (Phi) is 7.15. The maximum Gasteiger partial charge on any atom is 0.257 e. The van der Waals surface area contributed by atoms with Gasteiger partial charge in [0.05, 0.1) is 5.69 Å². The molecule has 0 aromatic heterocycles. The summed E-state index contributed by atoms with van der Waals surface area (Å²) in [6, 6.07) is 22.2. The zero-order valence-corrected chi connectivity index (χ0v) is 19.1. The van der Waals surface area contributed by atoms with Gasteiger partial charge in [-0.1, -0.05) is 42.5 Å². The molecule has 4 rings (SSSR count). The van der Waals surface area contributed by atoms with Crippen LogP contribution in [0.25, 0.3) is 0 Å². The smallest absolute Gasteiger partial charge is 0.257 e. The van der Waals surface area contributed by atoms with Crippen molar-refractivity contribution >= 4 is 17.6 Å². The molecule has 0 unspecified atom stereocenters. The normalized spacial score (nSPS) is 14.9. The maximum atomic E-state index is 14.1. The molecule has 0 radical (unpaired) electrons. The zero-order valence-electron chi connectivity index (χ0n) is 19.1. The number of hydrogen-bond donors (Lipinski definition) is 1. The SMILES string of the molecule is Cc1cc(C)cc(N=C(NC(=O)c2ccccc2)N2CCN(Cc3ccccc3F)CC2)c1. The Labute approximate surface area is 194 Å². The molecule has 0 atom stereocenters. The molecule has 0 spiro atoms. The summed E-state index contributed by atoms with van der Waals surface area (Å²) >= 11 is 0. The van der Waals surface area contributed by atoms with Gasteiger partial charge in [-0.3, -0.25) is 15.0 Å². The van der Waals surface area contributed by atoms with Crippen molar-refractivity contribution in [2.45, 2.75) is 20.4 Å². The van der Waals surface area contributed by atoms with Crippen LogP contribution in [0.5, 0.6) is 0 Å². The molecule has 1 aliphatic rings. The van der Waals surface area contributed by atoms with Gasteiger partial charge in [0.25, 0.3) is 5.91 Å². The molecule has 6 heteroatoms. The molecule has 3 aromatic carbocycles. The Hall–Kier alpha value is -3.51. The highest BCUT2D eigenvalue weighted by atomic mass is 19.1. The molecule has 0 bridgehead atoms. The van der Waals surface area contributed by atoms with Crippen molar-refractivity contribution < 1.29 is 9.18 Å². The topological polar surface area (TPSA) is 47.9 Å². The van der Waals surface area contributed by atoms with E-state index in [4.69, 9.17) is 4.99 Å². The van der Waals surface area contributed by atoms with Crippen LogP contribution in [-0.2, 0) is 6.54 Å². The van der Waals surface area contributed by atoms with Gasteiger partial charge in [0.15, 0.2) is 0 Å². The number of halogens is 1. The fraction of sp³-hybridized carbons (Fsp3) is 0.259. The Balaban J connectivity index is 1.51. The Morgan fingerprint density at radius 2 is 1.55 bits per heavy atom. The number of nitrogens with zero attached hydrogens (tertiary/aromatic N) is 3. The number of aryl methyl sites for hydroxylation is 2. The lowest BCUT2D eigenvalue weighted by atomic mass is 10.1. The summed E-state index contributed by atoms with van der Waals surface area (Å²) in [5, 5.41) is 3.02. The average Bonchev–Trinajstić information content (AvgIpc) is 2.80. The van der Waals surface area contributed by atoms with Crippen molar-refractivity contribution in [1.29, 1.82) is 0 Å². The Morgan fingerprint density at radius 3 is 2.21 bits per heavy atom. The van der Waals surface area contributed by atoms with Crippen molar-refractivity contribution in [2.24, 2.45) is 4.99 Å². The minimum Gasteiger partial charge on any atom is -0.340 e. The van der Waals surface area contributed by atoms with Crippen LogP contribution >= 0.6 is 0 Å². The first-order chi connectivity index (χ1) is 16.0. The van der Waals surface area contributed by atoms with E-state index in [1.807, 2.05) is 56.3 Å². The fourth-order valence-corrected chi connectivity index (χ4v) is 4.06. The summed E-state index contributed by atoms with van der Waals surface area (Å²) in [6.45, 7) is 7.52. The number of rotatable bonds is 4. The zero-order chi connectivity index (χ0) is 23.2. The highest BCUT2D eigenvalue weighted by Gasteiger charge is 2.22. The molecule has 1 amide bonds. The second-order valence-electron chi connectivity index (χ2n) is 8.46. The first-order valence-electron chi connectivity index (χ1n) is 11.2. The number of piperazine rings is 1. The lowest BCUT2D eigenvalue weighted by molar-refractivity contribution is 0.0967. The summed E-state index contributed by atoms with van der Waals surface area (Å²) in [5.41, 5.74) is 4.34. The molecule has 1 saturated heterocycles. The summed E-state index contributed by atoms with van der Waals surface area (Å²) in [4.78, 5) is 22.0. The van der Waals surface area contributed by atoms with E-state index < -0.39 is 0 Å². The van der Waals surface area contributed by atoms with E-state index in [0.29, 0.717) is 36.7 Å². The van der Waals surface area contributed by atoms with E-state index in [9.17, 15) is 9.18 Å². The average molecular weight is 445 g/mol. The maximum absolute atomic E-state index is 14.1. The molecule has 170 valence electrons. The van der Waals surface area contributed by atoms with Crippen molar-refractivity contribution in [3.05, 3.63) is 101 Å². The fourth-order valence-electron chi connectivity index (χ4n) is 4.06. The summed E-state index contributed by atoms with van der Waals surface area (Å²) in [7, 11) is 0. The van der Waals surface area contributed by atoms with Gasteiger partial charge < -0.3 is 4.90 Å². The third-order valence-electron chi connectivity index (χ3n) is 5.73. The van der Waals surface area contributed by atoms with Crippen LogP contribution in [0, 0.1) is 19.7 Å². The summed E-state index contributed by atoms with van der Waals surface area (Å²) < 4.78 is 14.1. The Bertz CT molecular complexity index is 1120. The van der Waals surface area contributed by atoms with Gasteiger partial charge in [-0.25, -0.2) is 9.38 Å². The molecular formula is C27H29FN4O. The van der Waals surface area contributed by atoms with Crippen LogP contribution in [0.3, 0.4) is 0 Å². The number of guanidine groups is 1. The molecule has 1 aliphatic heterocycles. The van der Waals surface area contributed by atoms with Crippen molar-refractivity contribution in [3.63, 3.8) is 0 Å². The van der Waals surface area contributed by atoms with Crippen LogP contribution in [0.2, 0.25) is 0 Å². The van der Waals surface area contributed by atoms with Gasteiger partial charge >= 0.3 is 0 Å². The van der Waals surface area contributed by atoms with Crippen LogP contribution in [0.1, 0.15) is 27.0 Å². The largest absolute Gasteiger partial charge is 0.340 e. The van der Waals surface area contributed by atoms with Gasteiger partial charge in [-0.2, -0.15) is 0 Å². The van der Waals surface area contributed by atoms with Crippen LogP contribution < -0.4 is 5.32 Å². The van der Waals surface area contributed by atoms with E-state index in [-0.39, 0.29) is 11.7 Å². The Morgan fingerprint density at radius 1 is 0.909 bits per heavy atom. The van der Waals surface area contributed by atoms with E-state index in [1.165, 1.54) is 6.07 Å². The van der Waals surface area contributed by atoms with Crippen LogP contribution in [0.15, 0.2) is 77.8 Å². The van der Waals surface area contributed by atoms with E-state index in [2.05, 4.69) is 21.2 Å². The molecule has 1 heterocycles. The van der Waals surface area contributed by atoms with Crippen LogP contribution in [-0.4, -0.2) is 47.8 Å². The number of carbonyl (C=O) groups is 1. The first-order valence-corrected chi connectivity index (χ1v) is 11.2. The first kappa shape index (κ1) is 22.7. The highest BCUT2D eigenvalue weighted by molar-refractivity contribution is 6.06. The third-order valence-corrected chi connectivity index (χ3v) is 5.73. The molecule has 33 heavy (non-hydrogen) atoms. The monoisotopic (exact) mass is 444 g/mol. The minimum absolute atomic E-state index is 0.174. The number of aliphatic imine (C=N–C) groups is 1. The molecule has 0 saturated carbocycles. The van der Waals surface area contributed by atoms with Crippen molar-refractivity contribution in [2.75, 3.05) is 26.2 Å². The number of nitrogens with one attached hydrogen (secondary N) is 1. The molecule has 1 fully saturated rings. The lowest BCUT2D eigenvalue weighted by Gasteiger charge is -2.36. The minimum atomic E-state index is -0.187. The number of amides is 1. The molecule has 5 nitrogen and oxygen atoms in total. The molecule has 3 aromatic rings. The van der Waals surface area contributed by atoms with Crippen molar-refractivity contribution in [3.8, 4) is 0 Å². The quantitative estimate of drug-likeness (QED) is 0.470. The lowest BCUT2D eigenvalue weighted by Crippen LogP contribution is -2.53. The molecule has 1 N–H and O–H groups in total. The van der Waals surface area contributed by atoms with Gasteiger partial charge in [0.1, 0.15) is 5.82 Å². The van der Waals surface area contributed by atoms with Crippen molar-refractivity contribution in [1.82, 2.24) is 15.1 Å². The van der Waals surface area contributed by atoms with Gasteiger partial charge in [-0.05, 0) is 55.3 Å². The number of carbonyl (C=O) groups excluding carboxylic acids is 1. The standard InChI is InChI=1S/C27H29FN4O/c1-20-16-21(2)18-24(17-20)29-27(30-26(33)22-8-4-3-5-9-22)32-14-12-31(13-15-32)19-23-10-6-7-11-25(23)28/h3-11,16-18H,12-15,19H2,1-2H3,(H,29,30,33). The van der Waals surface area contributed by atoms with E-state index in [1.54, 1.807) is 18.2 Å². The highest BCUT2D eigenvalue weighted by Crippen LogP contribution is 2.19. The van der Waals surface area contributed by atoms with E-state index in [0.717, 1.165) is 29.9 Å². The van der Waals surface area contributed by atoms with E-state index >= 15 is 0 Å².